The highest BCUT2D eigenvalue weighted by Crippen LogP contribution is 2.22. The van der Waals surface area contributed by atoms with Crippen molar-refractivity contribution in [3.63, 3.8) is 0 Å². The Morgan fingerprint density at radius 3 is 3.04 bits per heavy atom. The standard InChI is InChI=1S/C16H19ClFN3O2S/c1-20(9-12-2-5-16-19-6-7-21(16)10-12)24(22,23)11-13-8-14(17)3-4-15(13)18/h3-4,6-8,12H,2,5,9-11H2,1H3/t12-/m1/s1. The molecular formula is C16H19ClFN3O2S. The van der Waals surface area contributed by atoms with Gasteiger partial charge in [-0.15, -0.1) is 0 Å². The van der Waals surface area contributed by atoms with Crippen molar-refractivity contribution in [1.29, 1.82) is 0 Å². The highest BCUT2D eigenvalue weighted by atomic mass is 35.5. The molecule has 24 heavy (non-hydrogen) atoms. The molecule has 0 saturated carbocycles. The highest BCUT2D eigenvalue weighted by molar-refractivity contribution is 7.88. The lowest BCUT2D eigenvalue weighted by Gasteiger charge is -2.27. The number of aryl methyl sites for hydroxylation is 1. The molecule has 0 aliphatic carbocycles. The lowest BCUT2D eigenvalue weighted by atomic mass is 10.00. The molecule has 0 spiro atoms. The summed E-state index contributed by atoms with van der Waals surface area (Å²) in [6, 6.07) is 3.96. The molecule has 0 N–H and O–H groups in total. The normalized spacial score (nSPS) is 17.9. The van der Waals surface area contributed by atoms with Crippen molar-refractivity contribution < 1.29 is 12.8 Å². The number of hydrogen-bond donors (Lipinski definition) is 0. The second-order valence-corrected chi connectivity index (χ2v) is 8.69. The topological polar surface area (TPSA) is 55.2 Å². The SMILES string of the molecule is CN(C[C@H]1CCc2nccn2C1)S(=O)(=O)Cc1cc(Cl)ccc1F. The van der Waals surface area contributed by atoms with Gasteiger partial charge in [0.1, 0.15) is 11.6 Å². The molecule has 1 aromatic carbocycles. The number of imidazole rings is 1. The zero-order chi connectivity index (χ0) is 17.3. The average Bonchev–Trinajstić information content (AvgIpc) is 2.98. The molecule has 0 radical (unpaired) electrons. The molecule has 130 valence electrons. The summed E-state index contributed by atoms with van der Waals surface area (Å²) < 4.78 is 42.2. The van der Waals surface area contributed by atoms with Crippen LogP contribution in [0.25, 0.3) is 0 Å². The van der Waals surface area contributed by atoms with Crippen molar-refractivity contribution in [1.82, 2.24) is 13.9 Å². The van der Waals surface area contributed by atoms with Gasteiger partial charge in [0.2, 0.25) is 10.0 Å². The van der Waals surface area contributed by atoms with E-state index in [9.17, 15) is 12.8 Å². The molecule has 8 heteroatoms. The zero-order valence-corrected chi connectivity index (χ0v) is 14.9. The molecule has 3 rings (SSSR count). The quantitative estimate of drug-likeness (QED) is 0.812. The first-order chi connectivity index (χ1) is 11.3. The highest BCUT2D eigenvalue weighted by Gasteiger charge is 2.26. The van der Waals surface area contributed by atoms with Crippen LogP contribution in [0.5, 0.6) is 0 Å². The first-order valence-corrected chi connectivity index (χ1v) is 9.72. The number of rotatable bonds is 5. The number of benzene rings is 1. The van der Waals surface area contributed by atoms with Crippen LogP contribution in [0.2, 0.25) is 5.02 Å². The first kappa shape index (κ1) is 17.4. The van der Waals surface area contributed by atoms with Crippen molar-refractivity contribution in [2.24, 2.45) is 5.92 Å². The summed E-state index contributed by atoms with van der Waals surface area (Å²) in [6.07, 6.45) is 5.41. The summed E-state index contributed by atoms with van der Waals surface area (Å²) in [5.41, 5.74) is 0.0925. The van der Waals surface area contributed by atoms with Gasteiger partial charge >= 0.3 is 0 Å². The van der Waals surface area contributed by atoms with Crippen LogP contribution < -0.4 is 0 Å². The van der Waals surface area contributed by atoms with E-state index in [1.165, 1.54) is 22.5 Å². The Kier molecular flexibility index (Phi) is 4.94. The summed E-state index contributed by atoms with van der Waals surface area (Å²) >= 11 is 5.83. The van der Waals surface area contributed by atoms with Gasteiger partial charge in [-0.25, -0.2) is 22.1 Å². The van der Waals surface area contributed by atoms with Crippen LogP contribution in [0.4, 0.5) is 4.39 Å². The summed E-state index contributed by atoms with van der Waals surface area (Å²) in [5, 5.41) is 0.323. The van der Waals surface area contributed by atoms with E-state index in [0.717, 1.165) is 25.2 Å². The third kappa shape index (κ3) is 3.79. The Hall–Kier alpha value is -1.44. The molecule has 0 fully saturated rings. The van der Waals surface area contributed by atoms with Gasteiger partial charge in [-0.05, 0) is 30.5 Å². The summed E-state index contributed by atoms with van der Waals surface area (Å²) in [5.74, 6) is 0.310. The average molecular weight is 372 g/mol. The van der Waals surface area contributed by atoms with Crippen molar-refractivity contribution in [3.05, 3.63) is 52.8 Å². The minimum absolute atomic E-state index is 0.0925. The Morgan fingerprint density at radius 2 is 2.25 bits per heavy atom. The van der Waals surface area contributed by atoms with Gasteiger partial charge in [0, 0.05) is 49.5 Å². The molecule has 2 aromatic rings. The summed E-state index contributed by atoms with van der Waals surface area (Å²) in [4.78, 5) is 4.27. The van der Waals surface area contributed by atoms with E-state index in [4.69, 9.17) is 11.6 Å². The molecule has 1 aliphatic rings. The van der Waals surface area contributed by atoms with Gasteiger partial charge in [-0.1, -0.05) is 11.6 Å². The largest absolute Gasteiger partial charge is 0.335 e. The maximum absolute atomic E-state index is 13.8. The molecule has 2 heterocycles. The number of hydrogen-bond acceptors (Lipinski definition) is 3. The summed E-state index contributed by atoms with van der Waals surface area (Å²) in [7, 11) is -2.06. The molecule has 0 amide bonds. The number of sulfonamides is 1. The molecule has 5 nitrogen and oxygen atoms in total. The van der Waals surface area contributed by atoms with Crippen LogP contribution in [-0.4, -0.2) is 35.9 Å². The fourth-order valence-electron chi connectivity index (χ4n) is 3.02. The van der Waals surface area contributed by atoms with Crippen molar-refractivity contribution in [2.75, 3.05) is 13.6 Å². The van der Waals surface area contributed by atoms with Crippen molar-refractivity contribution in [3.8, 4) is 0 Å². The van der Waals surface area contributed by atoms with E-state index < -0.39 is 15.8 Å². The molecule has 1 atom stereocenters. The Balaban J connectivity index is 1.67. The van der Waals surface area contributed by atoms with Crippen LogP contribution in [-0.2, 0) is 28.7 Å². The van der Waals surface area contributed by atoms with Gasteiger partial charge in [0.25, 0.3) is 0 Å². The molecule has 1 aromatic heterocycles. The molecule has 1 aliphatic heterocycles. The van der Waals surface area contributed by atoms with Crippen molar-refractivity contribution in [2.45, 2.75) is 25.1 Å². The Bertz CT molecular complexity index is 838. The second kappa shape index (κ2) is 6.82. The van der Waals surface area contributed by atoms with E-state index in [-0.39, 0.29) is 17.2 Å². The van der Waals surface area contributed by atoms with Gasteiger partial charge < -0.3 is 4.57 Å². The number of fused-ring (bicyclic) bond motifs is 1. The number of halogens is 2. The second-order valence-electron chi connectivity index (χ2n) is 6.17. The molecule has 0 unspecified atom stereocenters. The van der Waals surface area contributed by atoms with E-state index in [2.05, 4.69) is 9.55 Å². The number of nitrogens with zero attached hydrogens (tertiary/aromatic N) is 3. The van der Waals surface area contributed by atoms with E-state index in [1.807, 2.05) is 6.20 Å². The third-order valence-corrected chi connectivity index (χ3v) is 6.38. The third-order valence-electron chi connectivity index (χ3n) is 4.37. The Morgan fingerprint density at radius 1 is 1.46 bits per heavy atom. The fraction of sp³-hybridized carbons (Fsp3) is 0.438. The van der Waals surface area contributed by atoms with Gasteiger partial charge in [0.05, 0.1) is 5.75 Å². The maximum Gasteiger partial charge on any atom is 0.218 e. The van der Waals surface area contributed by atoms with Crippen LogP contribution in [0.1, 0.15) is 17.8 Å². The Labute approximate surface area is 146 Å². The molecule has 0 saturated heterocycles. The number of aromatic nitrogens is 2. The van der Waals surface area contributed by atoms with Crippen LogP contribution in [0.15, 0.2) is 30.6 Å². The van der Waals surface area contributed by atoms with Crippen LogP contribution in [0.3, 0.4) is 0 Å². The molecular weight excluding hydrogens is 353 g/mol. The first-order valence-electron chi connectivity index (χ1n) is 7.73. The van der Waals surface area contributed by atoms with E-state index in [1.54, 1.807) is 13.2 Å². The lowest BCUT2D eigenvalue weighted by molar-refractivity contribution is 0.303. The van der Waals surface area contributed by atoms with E-state index in [0.29, 0.717) is 11.6 Å². The van der Waals surface area contributed by atoms with Crippen molar-refractivity contribution >= 4 is 21.6 Å². The van der Waals surface area contributed by atoms with E-state index >= 15 is 0 Å². The van der Waals surface area contributed by atoms with Gasteiger partial charge in [-0.3, -0.25) is 0 Å². The van der Waals surface area contributed by atoms with Gasteiger partial charge in [0.15, 0.2) is 0 Å². The monoisotopic (exact) mass is 371 g/mol. The fourth-order valence-corrected chi connectivity index (χ4v) is 4.49. The minimum Gasteiger partial charge on any atom is -0.335 e. The van der Waals surface area contributed by atoms with Crippen LogP contribution in [0, 0.1) is 11.7 Å². The smallest absolute Gasteiger partial charge is 0.218 e. The predicted octanol–water partition coefficient (Wildman–Crippen LogP) is 2.70. The summed E-state index contributed by atoms with van der Waals surface area (Å²) in [6.45, 7) is 1.16. The predicted molar refractivity (Wildman–Crippen MR) is 90.7 cm³/mol. The maximum atomic E-state index is 13.8. The van der Waals surface area contributed by atoms with Crippen LogP contribution >= 0.6 is 11.6 Å². The van der Waals surface area contributed by atoms with Gasteiger partial charge in [-0.2, -0.15) is 0 Å². The minimum atomic E-state index is -3.61. The zero-order valence-electron chi connectivity index (χ0n) is 13.3. The molecule has 0 bridgehead atoms. The lowest BCUT2D eigenvalue weighted by Crippen LogP contribution is -2.36.